The molecule has 1 aromatic carbocycles. The number of tetrazole rings is 1. The number of aromatic nitrogens is 4. The lowest BCUT2D eigenvalue weighted by atomic mass is 10.1. The molecule has 10 heteroatoms. The van der Waals surface area contributed by atoms with Crippen LogP contribution in [0.2, 0.25) is 0 Å². The maximum Gasteiger partial charge on any atom is 0.369 e. The molecule has 1 amide bonds. The van der Waals surface area contributed by atoms with Crippen molar-refractivity contribution in [2.45, 2.75) is 13.2 Å². The molecule has 128 valence electrons. The van der Waals surface area contributed by atoms with Crippen molar-refractivity contribution in [1.29, 1.82) is 0 Å². The Kier molecular flexibility index (Phi) is 4.70. The highest BCUT2D eigenvalue weighted by Crippen LogP contribution is 2.10. The Bertz CT molecular complexity index is 943. The first-order valence-electron chi connectivity index (χ1n) is 7.15. The van der Waals surface area contributed by atoms with Crippen LogP contribution in [-0.2, 0) is 22.7 Å². The Morgan fingerprint density at radius 2 is 1.92 bits per heavy atom. The molecule has 0 atom stereocenters. The summed E-state index contributed by atoms with van der Waals surface area (Å²) >= 11 is 1.33. The maximum atomic E-state index is 12.1. The van der Waals surface area contributed by atoms with Gasteiger partial charge in [-0.2, -0.15) is 9.36 Å². The lowest BCUT2D eigenvalue weighted by Crippen LogP contribution is -2.27. The van der Waals surface area contributed by atoms with Crippen LogP contribution in [0.1, 0.15) is 15.9 Å². The molecule has 3 rings (SSSR count). The van der Waals surface area contributed by atoms with Crippen LogP contribution >= 0.6 is 11.3 Å². The molecule has 0 bridgehead atoms. The predicted molar refractivity (Wildman–Crippen MR) is 88.3 cm³/mol. The molecule has 0 saturated carbocycles. The first-order chi connectivity index (χ1) is 12.0. The average molecular weight is 359 g/mol. The molecule has 0 aliphatic heterocycles. The number of hydrogen-bond acceptors (Lipinski definition) is 7. The zero-order chi connectivity index (χ0) is 17.8. The number of benzene rings is 1. The van der Waals surface area contributed by atoms with Crippen molar-refractivity contribution in [1.82, 2.24) is 19.8 Å². The van der Waals surface area contributed by atoms with Gasteiger partial charge < -0.3 is 10.5 Å². The van der Waals surface area contributed by atoms with Gasteiger partial charge in [0, 0.05) is 5.56 Å². The number of esters is 1. The third kappa shape index (κ3) is 3.80. The second kappa shape index (κ2) is 7.09. The van der Waals surface area contributed by atoms with Crippen molar-refractivity contribution < 1.29 is 14.3 Å². The topological polar surface area (TPSA) is 122 Å². The van der Waals surface area contributed by atoms with E-state index in [1.807, 2.05) is 0 Å². The van der Waals surface area contributed by atoms with Crippen LogP contribution in [0, 0.1) is 0 Å². The van der Waals surface area contributed by atoms with E-state index in [1.54, 1.807) is 41.8 Å². The molecule has 9 nitrogen and oxygen atoms in total. The summed E-state index contributed by atoms with van der Waals surface area (Å²) < 4.78 is 7.14. The van der Waals surface area contributed by atoms with Crippen molar-refractivity contribution in [3.05, 3.63) is 63.4 Å². The van der Waals surface area contributed by atoms with E-state index >= 15 is 0 Å². The van der Waals surface area contributed by atoms with Gasteiger partial charge >= 0.3 is 11.7 Å². The minimum atomic E-state index is -0.626. The number of hydrogen-bond donors (Lipinski definition) is 1. The molecule has 0 unspecified atom stereocenters. The van der Waals surface area contributed by atoms with Gasteiger partial charge in [0.25, 0.3) is 0 Å². The van der Waals surface area contributed by atoms with Crippen molar-refractivity contribution >= 4 is 23.2 Å². The van der Waals surface area contributed by atoms with Gasteiger partial charge in [-0.15, -0.1) is 11.3 Å². The monoisotopic (exact) mass is 359 g/mol. The predicted octanol–water partition coefficient (Wildman–Crippen LogP) is 0.333. The van der Waals surface area contributed by atoms with Crippen molar-refractivity contribution in [3.8, 4) is 5.00 Å². The summed E-state index contributed by atoms with van der Waals surface area (Å²) in [6.07, 6.45) is 0. The SMILES string of the molecule is NC(=O)c1ccc(COC(=O)Cn2nnn(-c3cccs3)c2=O)cc1. The summed E-state index contributed by atoms with van der Waals surface area (Å²) in [5.41, 5.74) is 5.68. The second-order valence-corrected chi connectivity index (χ2v) is 5.93. The number of rotatable bonds is 6. The lowest BCUT2D eigenvalue weighted by Gasteiger charge is -2.05. The Hall–Kier alpha value is -3.27. The summed E-state index contributed by atoms with van der Waals surface area (Å²) in [4.78, 5) is 35.0. The van der Waals surface area contributed by atoms with Gasteiger partial charge in [0.2, 0.25) is 5.91 Å². The quantitative estimate of drug-likeness (QED) is 0.633. The minimum Gasteiger partial charge on any atom is -0.459 e. The summed E-state index contributed by atoms with van der Waals surface area (Å²) in [7, 11) is 0. The molecule has 2 heterocycles. The number of thiophene rings is 1. The number of carbonyl (C=O) groups is 2. The first kappa shape index (κ1) is 16.6. The van der Waals surface area contributed by atoms with Gasteiger partial charge in [0.15, 0.2) is 0 Å². The van der Waals surface area contributed by atoms with Crippen LogP contribution in [0.3, 0.4) is 0 Å². The van der Waals surface area contributed by atoms with E-state index in [0.717, 1.165) is 9.36 Å². The molecule has 0 spiro atoms. The molecule has 0 aliphatic rings. The van der Waals surface area contributed by atoms with E-state index in [-0.39, 0.29) is 13.2 Å². The van der Waals surface area contributed by atoms with Crippen LogP contribution in [0.15, 0.2) is 46.6 Å². The van der Waals surface area contributed by atoms with E-state index < -0.39 is 17.6 Å². The van der Waals surface area contributed by atoms with E-state index in [1.165, 1.54) is 11.3 Å². The van der Waals surface area contributed by atoms with Gasteiger partial charge in [-0.05, 0) is 45.6 Å². The molecule has 25 heavy (non-hydrogen) atoms. The van der Waals surface area contributed by atoms with Crippen LogP contribution in [0.25, 0.3) is 5.00 Å². The average Bonchev–Trinajstić information content (AvgIpc) is 3.24. The first-order valence-corrected chi connectivity index (χ1v) is 8.03. The number of ether oxygens (including phenoxy) is 1. The molecule has 0 radical (unpaired) electrons. The van der Waals surface area contributed by atoms with E-state index in [4.69, 9.17) is 10.5 Å². The fourth-order valence-electron chi connectivity index (χ4n) is 2.00. The molecule has 3 aromatic rings. The van der Waals surface area contributed by atoms with E-state index in [2.05, 4.69) is 10.4 Å². The molecule has 0 fully saturated rings. The van der Waals surface area contributed by atoms with Gasteiger partial charge in [-0.3, -0.25) is 9.59 Å². The third-order valence-corrected chi connectivity index (χ3v) is 4.12. The largest absolute Gasteiger partial charge is 0.459 e. The summed E-state index contributed by atoms with van der Waals surface area (Å²) in [5.74, 6) is -1.16. The second-order valence-electron chi connectivity index (χ2n) is 5.00. The maximum absolute atomic E-state index is 12.1. The molecular formula is C15H13N5O4S. The van der Waals surface area contributed by atoms with E-state index in [0.29, 0.717) is 16.1 Å². The van der Waals surface area contributed by atoms with Crippen molar-refractivity contribution in [2.24, 2.45) is 5.73 Å². The number of nitrogens with zero attached hydrogens (tertiary/aromatic N) is 4. The summed E-state index contributed by atoms with van der Waals surface area (Å²) in [6.45, 7) is -0.338. The smallest absolute Gasteiger partial charge is 0.369 e. The van der Waals surface area contributed by atoms with E-state index in [9.17, 15) is 14.4 Å². The van der Waals surface area contributed by atoms with Gasteiger partial charge in [-0.25, -0.2) is 4.79 Å². The molecule has 2 aromatic heterocycles. The van der Waals surface area contributed by atoms with Gasteiger partial charge in [0.05, 0.1) is 0 Å². The molecule has 0 aliphatic carbocycles. The Morgan fingerprint density at radius 1 is 1.16 bits per heavy atom. The summed E-state index contributed by atoms with van der Waals surface area (Å²) in [5, 5.41) is 9.82. The van der Waals surface area contributed by atoms with Crippen LogP contribution in [-0.4, -0.2) is 31.7 Å². The number of nitrogens with two attached hydrogens (primary N) is 1. The van der Waals surface area contributed by atoms with Crippen molar-refractivity contribution in [2.75, 3.05) is 0 Å². The van der Waals surface area contributed by atoms with Gasteiger partial charge in [-0.1, -0.05) is 12.1 Å². The molecular weight excluding hydrogens is 346 g/mol. The highest BCUT2D eigenvalue weighted by Gasteiger charge is 2.13. The fraction of sp³-hybridized carbons (Fsp3) is 0.133. The minimum absolute atomic E-state index is 0.00564. The van der Waals surface area contributed by atoms with Crippen molar-refractivity contribution in [3.63, 3.8) is 0 Å². The fourth-order valence-corrected chi connectivity index (χ4v) is 2.67. The molecule has 2 N–H and O–H groups in total. The zero-order valence-corrected chi connectivity index (χ0v) is 13.7. The van der Waals surface area contributed by atoms with Crippen LogP contribution < -0.4 is 11.4 Å². The number of amides is 1. The normalized spacial score (nSPS) is 10.6. The highest BCUT2D eigenvalue weighted by atomic mass is 32.1. The highest BCUT2D eigenvalue weighted by molar-refractivity contribution is 7.12. The lowest BCUT2D eigenvalue weighted by molar-refractivity contribution is -0.146. The molecule has 0 saturated heterocycles. The third-order valence-electron chi connectivity index (χ3n) is 3.27. The van der Waals surface area contributed by atoms with Crippen LogP contribution in [0.4, 0.5) is 0 Å². The number of carbonyl (C=O) groups excluding carboxylic acids is 2. The Labute approximate surface area is 145 Å². The Balaban J connectivity index is 1.60. The summed E-state index contributed by atoms with van der Waals surface area (Å²) in [6, 6.07) is 9.85. The Morgan fingerprint density at radius 3 is 2.56 bits per heavy atom. The number of primary amides is 1. The van der Waals surface area contributed by atoms with Gasteiger partial charge in [0.1, 0.15) is 18.2 Å². The van der Waals surface area contributed by atoms with Crippen LogP contribution in [0.5, 0.6) is 0 Å². The standard InChI is InChI=1S/C15H13N5O4S/c16-14(22)11-5-3-10(4-6-11)9-24-13(21)8-19-15(23)20(18-17-19)12-2-1-7-25-12/h1-7H,8-9H2,(H2,16,22). The zero-order valence-electron chi connectivity index (χ0n) is 12.9.